The number of nitrogens with one attached hydrogen (secondary N) is 2. The highest BCUT2D eigenvalue weighted by Gasteiger charge is 2.36. The number of carbonyl (C=O) groups excluding carboxylic acids is 2. The molecule has 2 N–H and O–H groups in total. The predicted octanol–water partition coefficient (Wildman–Crippen LogP) is 10.5. The van der Waals surface area contributed by atoms with Gasteiger partial charge in [0.1, 0.15) is 36.5 Å². The van der Waals surface area contributed by atoms with Crippen LogP contribution in [0.4, 0.5) is 10.5 Å². The maximum absolute atomic E-state index is 14.0. The number of ether oxygens (including phenoxy) is 4. The van der Waals surface area contributed by atoms with Crippen LogP contribution in [0.1, 0.15) is 50.7 Å². The van der Waals surface area contributed by atoms with Crippen molar-refractivity contribution >= 4 is 40.8 Å². The van der Waals surface area contributed by atoms with Crippen molar-refractivity contribution in [1.82, 2.24) is 15.2 Å². The molecular formula is C48H44Cl2N4O6. The van der Waals surface area contributed by atoms with Crippen LogP contribution in [0.5, 0.6) is 28.7 Å². The number of aryl methyl sites for hydroxylation is 2. The molecule has 5 aromatic carbocycles. The first-order valence-corrected chi connectivity index (χ1v) is 20.6. The molecule has 0 saturated carbocycles. The fraction of sp³-hybridized carbons (Fsp3) is 0.229. The lowest BCUT2D eigenvalue weighted by molar-refractivity contribution is -0.125. The average molecular weight is 844 g/mol. The van der Waals surface area contributed by atoms with Crippen LogP contribution in [0.3, 0.4) is 0 Å². The van der Waals surface area contributed by atoms with E-state index in [4.69, 9.17) is 42.1 Å². The van der Waals surface area contributed by atoms with E-state index in [-0.39, 0.29) is 24.6 Å². The summed E-state index contributed by atoms with van der Waals surface area (Å²) in [7, 11) is 0. The first-order chi connectivity index (χ1) is 29.1. The monoisotopic (exact) mass is 842 g/mol. The van der Waals surface area contributed by atoms with E-state index in [0.29, 0.717) is 65.6 Å². The predicted molar refractivity (Wildman–Crippen MR) is 233 cm³/mol. The minimum atomic E-state index is -0.753. The van der Waals surface area contributed by atoms with E-state index in [9.17, 15) is 9.59 Å². The Morgan fingerprint density at radius 2 is 1.58 bits per heavy atom. The van der Waals surface area contributed by atoms with Crippen LogP contribution >= 0.6 is 23.2 Å². The lowest BCUT2D eigenvalue weighted by atomic mass is 9.92. The lowest BCUT2D eigenvalue weighted by Gasteiger charge is -2.37. The van der Waals surface area contributed by atoms with Crippen molar-refractivity contribution in [3.8, 4) is 28.7 Å². The normalized spacial score (nSPS) is 15.4. The molecule has 6 aromatic rings. The molecule has 12 heteroatoms. The number of para-hydroxylation sites is 1. The number of rotatable bonds is 11. The molecule has 60 heavy (non-hydrogen) atoms. The van der Waals surface area contributed by atoms with Gasteiger partial charge in [0.2, 0.25) is 5.91 Å². The van der Waals surface area contributed by atoms with E-state index in [2.05, 4.69) is 15.6 Å². The number of pyridine rings is 1. The molecule has 2 aliphatic heterocycles. The molecule has 1 aromatic heterocycles. The number of anilines is 1. The molecule has 0 aliphatic carbocycles. The standard InChI is InChI=1S/C48H44Cl2N4O6/c1-29-6-4-5-7-41(29)53-48(56)54-26-36-25-45-44(58-28-46(60-45)34-11-15-37(16-12-34)57-27-33-10-17-39(49)40(50)22-33)24-35(36)23-42(54)47(55)52-20-18-32-8-13-38(14-9-32)59-43-19-21-51-31(3)30(43)2/h4-17,19,21-22,24-25,42,46H,18,20,23,26-28H2,1-3H3,(H,52,55)(H,53,56). The SMILES string of the molecule is Cc1ccccc1NC(=O)N1Cc2cc3c(cc2CC1C(=O)NCCc1ccc(Oc2ccnc(C)c2C)cc1)OCC(c1ccc(OCc2ccc(Cl)c(Cl)c2)cc1)O3. The van der Waals surface area contributed by atoms with Crippen molar-refractivity contribution in [3.63, 3.8) is 0 Å². The number of halogens is 2. The van der Waals surface area contributed by atoms with Crippen molar-refractivity contribution in [2.24, 2.45) is 0 Å². The molecule has 2 aliphatic rings. The van der Waals surface area contributed by atoms with Crippen molar-refractivity contribution in [3.05, 3.63) is 170 Å². The van der Waals surface area contributed by atoms with E-state index in [1.807, 2.05) is 118 Å². The summed E-state index contributed by atoms with van der Waals surface area (Å²) in [4.78, 5) is 33.9. The molecule has 2 unspecified atom stereocenters. The Labute approximate surface area is 359 Å². The third-order valence-electron chi connectivity index (χ3n) is 10.9. The van der Waals surface area contributed by atoms with Gasteiger partial charge in [-0.25, -0.2) is 4.79 Å². The van der Waals surface area contributed by atoms with Gasteiger partial charge in [-0.15, -0.1) is 0 Å². The van der Waals surface area contributed by atoms with Gasteiger partial charge in [0.15, 0.2) is 17.6 Å². The topological polar surface area (TPSA) is 111 Å². The van der Waals surface area contributed by atoms with E-state index >= 15 is 0 Å². The molecule has 0 spiro atoms. The number of hydrogen-bond acceptors (Lipinski definition) is 7. The maximum Gasteiger partial charge on any atom is 0.322 e. The summed E-state index contributed by atoms with van der Waals surface area (Å²) in [6, 6.07) is 33.1. The van der Waals surface area contributed by atoms with Crippen LogP contribution in [0.25, 0.3) is 0 Å². The molecule has 0 fully saturated rings. The Morgan fingerprint density at radius 1 is 0.833 bits per heavy atom. The zero-order valence-electron chi connectivity index (χ0n) is 33.5. The molecule has 0 bridgehead atoms. The van der Waals surface area contributed by atoms with Crippen molar-refractivity contribution in [2.45, 2.75) is 58.9 Å². The number of amides is 3. The van der Waals surface area contributed by atoms with Crippen molar-refractivity contribution in [2.75, 3.05) is 18.5 Å². The second-order valence-corrected chi connectivity index (χ2v) is 15.8. The minimum absolute atomic E-state index is 0.204. The van der Waals surface area contributed by atoms with Gasteiger partial charge in [0.05, 0.1) is 10.0 Å². The highest BCUT2D eigenvalue weighted by atomic mass is 35.5. The highest BCUT2D eigenvalue weighted by molar-refractivity contribution is 6.42. The van der Waals surface area contributed by atoms with Gasteiger partial charge in [-0.05, 0) is 121 Å². The third-order valence-corrected chi connectivity index (χ3v) is 11.7. The van der Waals surface area contributed by atoms with Crippen LogP contribution in [0, 0.1) is 20.8 Å². The summed E-state index contributed by atoms with van der Waals surface area (Å²) in [6.45, 7) is 7.12. The number of urea groups is 1. The highest BCUT2D eigenvalue weighted by Crippen LogP contribution is 2.41. The molecular weight excluding hydrogens is 799 g/mol. The van der Waals surface area contributed by atoms with E-state index in [0.717, 1.165) is 56.1 Å². The summed E-state index contributed by atoms with van der Waals surface area (Å²) < 4.78 is 24.8. The van der Waals surface area contributed by atoms with E-state index < -0.39 is 6.04 Å². The van der Waals surface area contributed by atoms with Gasteiger partial charge in [-0.3, -0.25) is 9.78 Å². The number of nitrogens with zero attached hydrogens (tertiary/aromatic N) is 2. The van der Waals surface area contributed by atoms with Crippen molar-refractivity contribution < 1.29 is 28.5 Å². The van der Waals surface area contributed by atoms with Crippen LogP contribution in [-0.4, -0.2) is 41.0 Å². The smallest absolute Gasteiger partial charge is 0.322 e. The van der Waals surface area contributed by atoms with Crippen molar-refractivity contribution in [1.29, 1.82) is 0 Å². The Morgan fingerprint density at radius 3 is 2.37 bits per heavy atom. The number of hydrogen-bond donors (Lipinski definition) is 2. The Kier molecular flexibility index (Phi) is 12.1. The number of benzene rings is 5. The molecule has 3 amide bonds. The second-order valence-electron chi connectivity index (χ2n) is 15.0. The van der Waals surface area contributed by atoms with Gasteiger partial charge in [0.25, 0.3) is 0 Å². The first-order valence-electron chi connectivity index (χ1n) is 19.8. The van der Waals surface area contributed by atoms with Crippen LogP contribution in [0.15, 0.2) is 115 Å². The van der Waals surface area contributed by atoms with Gasteiger partial charge >= 0.3 is 6.03 Å². The quantitative estimate of drug-likeness (QED) is 0.134. The second kappa shape index (κ2) is 17.9. The Hall–Kier alpha value is -6.23. The third kappa shape index (κ3) is 9.30. The minimum Gasteiger partial charge on any atom is -0.489 e. The molecule has 2 atom stereocenters. The molecule has 306 valence electrons. The lowest BCUT2D eigenvalue weighted by Crippen LogP contribution is -2.54. The van der Waals surface area contributed by atoms with Gasteiger partial charge in [0, 0.05) is 42.7 Å². The first kappa shape index (κ1) is 40.5. The molecule has 8 rings (SSSR count). The Balaban J connectivity index is 0.933. The largest absolute Gasteiger partial charge is 0.489 e. The number of aromatic nitrogens is 1. The van der Waals surface area contributed by atoms with Crippen LogP contribution in [0.2, 0.25) is 10.0 Å². The number of carbonyl (C=O) groups is 2. The molecule has 0 radical (unpaired) electrons. The maximum atomic E-state index is 14.0. The Bertz CT molecular complexity index is 2530. The zero-order chi connectivity index (χ0) is 41.8. The van der Waals surface area contributed by atoms with E-state index in [1.165, 1.54) is 0 Å². The summed E-state index contributed by atoms with van der Waals surface area (Å²) in [5, 5.41) is 7.12. The summed E-state index contributed by atoms with van der Waals surface area (Å²) in [5.74, 6) is 3.13. The van der Waals surface area contributed by atoms with Gasteiger partial charge in [-0.2, -0.15) is 0 Å². The van der Waals surface area contributed by atoms with Crippen LogP contribution < -0.4 is 29.6 Å². The average Bonchev–Trinajstić information content (AvgIpc) is 3.26. The fourth-order valence-corrected chi connectivity index (χ4v) is 7.59. The van der Waals surface area contributed by atoms with E-state index in [1.54, 1.807) is 23.2 Å². The summed E-state index contributed by atoms with van der Waals surface area (Å²) in [6.07, 6.45) is 2.29. The fourth-order valence-electron chi connectivity index (χ4n) is 7.26. The number of fused-ring (bicyclic) bond motifs is 2. The molecule has 0 saturated heterocycles. The summed E-state index contributed by atoms with van der Waals surface area (Å²) in [5.41, 5.74) is 8.21. The molecule has 3 heterocycles. The van der Waals surface area contributed by atoms with Gasteiger partial charge < -0.3 is 34.5 Å². The van der Waals surface area contributed by atoms with Crippen LogP contribution in [-0.2, 0) is 30.8 Å². The molecule has 10 nitrogen and oxygen atoms in total. The zero-order valence-corrected chi connectivity index (χ0v) is 35.0. The summed E-state index contributed by atoms with van der Waals surface area (Å²) >= 11 is 12.2. The van der Waals surface area contributed by atoms with Gasteiger partial charge in [-0.1, -0.05) is 71.7 Å².